The average Bonchev–Trinajstić information content (AvgIpc) is 3.32. The summed E-state index contributed by atoms with van der Waals surface area (Å²) in [6.45, 7) is 4.24. The molecule has 2 aromatic rings. The number of imidazole rings is 1. The molecule has 0 aliphatic carbocycles. The van der Waals surface area contributed by atoms with Gasteiger partial charge in [0, 0.05) is 32.8 Å². The first-order valence-corrected chi connectivity index (χ1v) is 9.89. The summed E-state index contributed by atoms with van der Waals surface area (Å²) in [6.07, 6.45) is 2.58. The fourth-order valence-corrected chi connectivity index (χ4v) is 4.45. The van der Waals surface area contributed by atoms with Crippen molar-refractivity contribution in [3.8, 4) is 0 Å². The maximum atomic E-state index is 13.1. The molecule has 1 aromatic heterocycles. The van der Waals surface area contributed by atoms with Crippen molar-refractivity contribution < 1.29 is 9.53 Å². The summed E-state index contributed by atoms with van der Waals surface area (Å²) < 4.78 is 8.92. The quantitative estimate of drug-likeness (QED) is 0.857. The van der Waals surface area contributed by atoms with Gasteiger partial charge < -0.3 is 15.0 Å². The number of piperidine rings is 1. The monoisotopic (exact) mass is 372 g/mol. The van der Waals surface area contributed by atoms with Crippen LogP contribution in [-0.2, 0) is 16.1 Å². The van der Waals surface area contributed by atoms with Gasteiger partial charge in [0.25, 0.3) is 0 Å². The number of benzene rings is 1. The maximum absolute atomic E-state index is 13.1. The molecule has 0 saturated carbocycles. The molecule has 2 fully saturated rings. The second kappa shape index (κ2) is 7.86. The van der Waals surface area contributed by atoms with Crippen LogP contribution in [0.15, 0.2) is 29.1 Å². The lowest BCUT2D eigenvalue weighted by atomic mass is 10.0. The Hall–Kier alpha value is -2.12. The molecule has 1 N–H and O–H groups in total. The van der Waals surface area contributed by atoms with Gasteiger partial charge in [0.05, 0.1) is 30.1 Å². The molecule has 27 heavy (non-hydrogen) atoms. The van der Waals surface area contributed by atoms with Gasteiger partial charge in [-0.15, -0.1) is 0 Å². The van der Waals surface area contributed by atoms with Crippen LogP contribution in [0, 0.1) is 5.92 Å². The van der Waals surface area contributed by atoms with Gasteiger partial charge in [-0.05, 0) is 37.9 Å². The standard InChI is InChI=1S/C20H28N4O3/c1-27-13-12-23-17-4-2-3-5-18(17)24(20(23)26)16-7-10-22(11-8-16)19(25)15-6-9-21-14-15/h2-5,15-16,21H,6-14H2,1H3. The molecule has 0 spiro atoms. The molecule has 1 aromatic carbocycles. The molecule has 0 bridgehead atoms. The third kappa shape index (κ3) is 3.41. The highest BCUT2D eigenvalue weighted by Crippen LogP contribution is 2.27. The number of aromatic nitrogens is 2. The SMILES string of the molecule is COCCn1c(=O)n(C2CCN(C(=O)C3CCNC3)CC2)c2ccccc21. The van der Waals surface area contributed by atoms with E-state index < -0.39 is 0 Å². The van der Waals surface area contributed by atoms with E-state index in [9.17, 15) is 9.59 Å². The number of ether oxygens (including phenoxy) is 1. The summed E-state index contributed by atoms with van der Waals surface area (Å²) >= 11 is 0. The van der Waals surface area contributed by atoms with E-state index in [-0.39, 0.29) is 23.6 Å². The predicted molar refractivity (Wildman–Crippen MR) is 104 cm³/mol. The predicted octanol–water partition coefficient (Wildman–Crippen LogP) is 1.22. The van der Waals surface area contributed by atoms with Gasteiger partial charge in [0.1, 0.15) is 0 Å². The second-order valence-corrected chi connectivity index (χ2v) is 7.53. The van der Waals surface area contributed by atoms with E-state index in [1.165, 1.54) is 0 Å². The van der Waals surface area contributed by atoms with Crippen LogP contribution in [0.5, 0.6) is 0 Å². The summed E-state index contributed by atoms with van der Waals surface area (Å²) in [5, 5.41) is 3.27. The van der Waals surface area contributed by atoms with Gasteiger partial charge in [-0.2, -0.15) is 0 Å². The Labute approximate surface area is 158 Å². The smallest absolute Gasteiger partial charge is 0.329 e. The minimum Gasteiger partial charge on any atom is -0.383 e. The number of methoxy groups -OCH3 is 1. The van der Waals surface area contributed by atoms with Crippen LogP contribution in [-0.4, -0.2) is 59.8 Å². The minimum absolute atomic E-state index is 0.0259. The number of nitrogens with one attached hydrogen (secondary N) is 1. The Bertz CT molecular complexity index is 858. The lowest BCUT2D eigenvalue weighted by Crippen LogP contribution is -2.44. The molecule has 2 saturated heterocycles. The fourth-order valence-electron chi connectivity index (χ4n) is 4.45. The molecule has 1 atom stereocenters. The van der Waals surface area contributed by atoms with Crippen molar-refractivity contribution in [1.82, 2.24) is 19.4 Å². The summed E-state index contributed by atoms with van der Waals surface area (Å²) in [5.74, 6) is 0.397. The lowest BCUT2D eigenvalue weighted by Gasteiger charge is -2.34. The van der Waals surface area contributed by atoms with E-state index in [0.717, 1.165) is 56.5 Å². The number of fused-ring (bicyclic) bond motifs is 1. The molecule has 146 valence electrons. The molecule has 0 radical (unpaired) electrons. The Morgan fingerprint density at radius 2 is 1.93 bits per heavy atom. The van der Waals surface area contributed by atoms with Crippen LogP contribution in [0.25, 0.3) is 11.0 Å². The van der Waals surface area contributed by atoms with Gasteiger partial charge in [-0.3, -0.25) is 13.9 Å². The van der Waals surface area contributed by atoms with Gasteiger partial charge in [0.2, 0.25) is 5.91 Å². The molecule has 3 heterocycles. The molecular formula is C20H28N4O3. The number of amides is 1. The number of hydrogen-bond donors (Lipinski definition) is 1. The zero-order valence-corrected chi connectivity index (χ0v) is 15.9. The Balaban J connectivity index is 1.54. The first-order valence-electron chi connectivity index (χ1n) is 9.89. The Morgan fingerprint density at radius 3 is 2.59 bits per heavy atom. The molecule has 2 aliphatic rings. The summed E-state index contributed by atoms with van der Waals surface area (Å²) in [4.78, 5) is 27.7. The van der Waals surface area contributed by atoms with Crippen molar-refractivity contribution >= 4 is 16.9 Å². The van der Waals surface area contributed by atoms with Crippen LogP contribution in [0.1, 0.15) is 25.3 Å². The zero-order valence-electron chi connectivity index (χ0n) is 15.9. The van der Waals surface area contributed by atoms with Crippen molar-refractivity contribution in [2.24, 2.45) is 5.92 Å². The molecule has 4 rings (SSSR count). The first-order chi connectivity index (χ1) is 13.2. The largest absolute Gasteiger partial charge is 0.383 e. The van der Waals surface area contributed by atoms with E-state index in [1.807, 2.05) is 33.7 Å². The van der Waals surface area contributed by atoms with Crippen molar-refractivity contribution in [3.63, 3.8) is 0 Å². The second-order valence-electron chi connectivity index (χ2n) is 7.53. The zero-order chi connectivity index (χ0) is 18.8. The van der Waals surface area contributed by atoms with Crippen molar-refractivity contribution in [2.75, 3.05) is 39.9 Å². The molecular weight excluding hydrogens is 344 g/mol. The number of nitrogens with zero attached hydrogens (tertiary/aromatic N) is 3. The van der Waals surface area contributed by atoms with Gasteiger partial charge >= 0.3 is 5.69 Å². The van der Waals surface area contributed by atoms with Crippen molar-refractivity contribution in [1.29, 1.82) is 0 Å². The number of para-hydroxylation sites is 2. The highest BCUT2D eigenvalue weighted by atomic mass is 16.5. The Morgan fingerprint density at radius 1 is 1.19 bits per heavy atom. The number of carbonyl (C=O) groups excluding carboxylic acids is 1. The van der Waals surface area contributed by atoms with Crippen LogP contribution in [0.2, 0.25) is 0 Å². The fraction of sp³-hybridized carbons (Fsp3) is 0.600. The van der Waals surface area contributed by atoms with E-state index in [4.69, 9.17) is 4.74 Å². The van der Waals surface area contributed by atoms with Crippen LogP contribution in [0.3, 0.4) is 0 Å². The summed E-state index contributed by atoms with van der Waals surface area (Å²) in [7, 11) is 1.65. The van der Waals surface area contributed by atoms with E-state index in [0.29, 0.717) is 13.2 Å². The van der Waals surface area contributed by atoms with Gasteiger partial charge in [-0.25, -0.2) is 4.79 Å². The normalized spacial score (nSPS) is 21.2. The topological polar surface area (TPSA) is 68.5 Å². The first kappa shape index (κ1) is 18.3. The number of likely N-dealkylation sites (tertiary alicyclic amines) is 1. The average molecular weight is 372 g/mol. The summed E-state index contributed by atoms with van der Waals surface area (Å²) in [5.41, 5.74) is 1.96. The molecule has 2 aliphatic heterocycles. The number of carbonyl (C=O) groups is 1. The van der Waals surface area contributed by atoms with Crippen molar-refractivity contribution in [3.05, 3.63) is 34.7 Å². The third-order valence-corrected chi connectivity index (χ3v) is 5.94. The number of hydrogen-bond acceptors (Lipinski definition) is 4. The highest BCUT2D eigenvalue weighted by Gasteiger charge is 2.31. The molecule has 1 amide bonds. The molecule has 1 unspecified atom stereocenters. The number of rotatable bonds is 5. The van der Waals surface area contributed by atoms with Crippen LogP contribution < -0.4 is 11.0 Å². The van der Waals surface area contributed by atoms with Gasteiger partial charge in [0.15, 0.2) is 0 Å². The van der Waals surface area contributed by atoms with Crippen LogP contribution >= 0.6 is 0 Å². The lowest BCUT2D eigenvalue weighted by molar-refractivity contribution is -0.136. The van der Waals surface area contributed by atoms with Gasteiger partial charge in [-0.1, -0.05) is 12.1 Å². The highest BCUT2D eigenvalue weighted by molar-refractivity contribution is 5.79. The van der Waals surface area contributed by atoms with E-state index >= 15 is 0 Å². The summed E-state index contributed by atoms with van der Waals surface area (Å²) in [6, 6.07) is 8.09. The molecule has 7 nitrogen and oxygen atoms in total. The molecule has 7 heteroatoms. The maximum Gasteiger partial charge on any atom is 0.329 e. The van der Waals surface area contributed by atoms with E-state index in [2.05, 4.69) is 5.32 Å². The van der Waals surface area contributed by atoms with E-state index in [1.54, 1.807) is 11.7 Å². The van der Waals surface area contributed by atoms with Crippen LogP contribution in [0.4, 0.5) is 0 Å². The van der Waals surface area contributed by atoms with Crippen molar-refractivity contribution in [2.45, 2.75) is 31.8 Å². The third-order valence-electron chi connectivity index (χ3n) is 5.94. The minimum atomic E-state index is 0.0259. The Kier molecular flexibility index (Phi) is 5.31.